The van der Waals surface area contributed by atoms with Crippen molar-refractivity contribution in [1.29, 1.82) is 0 Å². The Labute approximate surface area is 194 Å². The maximum atomic E-state index is 12.5. The molecule has 178 valence electrons. The van der Waals surface area contributed by atoms with Crippen molar-refractivity contribution in [2.75, 3.05) is 6.61 Å². The van der Waals surface area contributed by atoms with Gasteiger partial charge in [0.2, 0.25) is 0 Å². The highest BCUT2D eigenvalue weighted by molar-refractivity contribution is 6.60. The molecule has 0 aliphatic heterocycles. The summed E-state index contributed by atoms with van der Waals surface area (Å²) in [6.07, 6.45) is 7.54. The average Bonchev–Trinajstić information content (AvgIpc) is 2.70. The third-order valence-electron chi connectivity index (χ3n) is 4.69. The minimum Gasteiger partial charge on any atom is -0.462 e. The molecular formula is C25H39NO5Si. The fourth-order valence-electron chi connectivity index (χ4n) is 3.52. The fourth-order valence-corrected chi connectivity index (χ4v) is 6.78. The zero-order chi connectivity index (χ0) is 23.7. The summed E-state index contributed by atoms with van der Waals surface area (Å²) >= 11 is 0. The lowest BCUT2D eigenvalue weighted by Gasteiger charge is -2.34. The molecule has 6 nitrogen and oxygen atoms in total. The van der Waals surface area contributed by atoms with Gasteiger partial charge in [-0.05, 0) is 77.7 Å². The molecule has 0 bridgehead atoms. The number of hydrogen-bond donors (Lipinski definition) is 1. The summed E-state index contributed by atoms with van der Waals surface area (Å²) in [6, 6.07) is 8.14. The monoisotopic (exact) mass is 461 g/mol. The van der Waals surface area contributed by atoms with Crippen LogP contribution in [0.2, 0.25) is 6.04 Å². The summed E-state index contributed by atoms with van der Waals surface area (Å²) in [5, 5.41) is 0. The van der Waals surface area contributed by atoms with Gasteiger partial charge in [0.05, 0.1) is 12.2 Å². The summed E-state index contributed by atoms with van der Waals surface area (Å²) in [6.45, 7) is 12.2. The molecule has 0 spiro atoms. The summed E-state index contributed by atoms with van der Waals surface area (Å²) in [5.41, 5.74) is 8.59. The molecule has 32 heavy (non-hydrogen) atoms. The molecule has 2 N–H and O–H groups in total. The minimum atomic E-state index is -2.88. The lowest BCUT2D eigenvalue weighted by Crippen LogP contribution is -2.50. The quantitative estimate of drug-likeness (QED) is 0.264. The van der Waals surface area contributed by atoms with E-state index < -0.39 is 8.80 Å². The van der Waals surface area contributed by atoms with E-state index in [1.54, 1.807) is 12.1 Å². The van der Waals surface area contributed by atoms with Gasteiger partial charge in [0, 0.05) is 30.4 Å². The number of benzene rings is 1. The van der Waals surface area contributed by atoms with Crippen LogP contribution in [0.1, 0.15) is 70.3 Å². The maximum absolute atomic E-state index is 12.5. The van der Waals surface area contributed by atoms with E-state index in [9.17, 15) is 4.79 Å². The fraction of sp³-hybridized carbons (Fsp3) is 0.560. The van der Waals surface area contributed by atoms with Gasteiger partial charge in [0.25, 0.3) is 0 Å². The van der Waals surface area contributed by atoms with Crippen LogP contribution < -0.4 is 5.73 Å². The van der Waals surface area contributed by atoms with Crippen molar-refractivity contribution in [2.24, 2.45) is 5.73 Å². The summed E-state index contributed by atoms with van der Waals surface area (Å²) in [5.74, 6) is -0.335. The number of hydrogen-bond acceptors (Lipinski definition) is 6. The number of allylic oxidation sites excluding steroid dienone is 2. The molecule has 0 amide bonds. The molecule has 0 aromatic heterocycles. The van der Waals surface area contributed by atoms with Crippen molar-refractivity contribution >= 4 is 20.3 Å². The Morgan fingerprint density at radius 3 is 2.03 bits per heavy atom. The molecular weight excluding hydrogens is 422 g/mol. The first-order valence-electron chi connectivity index (χ1n) is 11.5. The molecule has 1 aromatic rings. The molecule has 1 unspecified atom stereocenters. The van der Waals surface area contributed by atoms with Crippen LogP contribution in [0, 0.1) is 0 Å². The predicted molar refractivity (Wildman–Crippen MR) is 130 cm³/mol. The Balaban J connectivity index is 1.91. The molecule has 1 aromatic carbocycles. The summed E-state index contributed by atoms with van der Waals surface area (Å²) < 4.78 is 24.0. The van der Waals surface area contributed by atoms with Crippen molar-refractivity contribution in [1.82, 2.24) is 0 Å². The van der Waals surface area contributed by atoms with E-state index in [0.29, 0.717) is 18.0 Å². The van der Waals surface area contributed by atoms with E-state index in [1.807, 2.05) is 65.8 Å². The van der Waals surface area contributed by atoms with Gasteiger partial charge in [-0.3, -0.25) is 0 Å². The third kappa shape index (κ3) is 8.63. The van der Waals surface area contributed by atoms with Gasteiger partial charge in [0.15, 0.2) is 0 Å². The molecule has 1 atom stereocenters. The molecule has 0 heterocycles. The van der Waals surface area contributed by atoms with Gasteiger partial charge in [-0.15, -0.1) is 0 Å². The summed E-state index contributed by atoms with van der Waals surface area (Å²) in [4.78, 5) is 12.5. The highest BCUT2D eigenvalue weighted by Gasteiger charge is 2.43. The van der Waals surface area contributed by atoms with Crippen molar-refractivity contribution in [3.05, 3.63) is 53.6 Å². The van der Waals surface area contributed by atoms with E-state index in [-0.39, 0.29) is 36.9 Å². The number of carbonyl (C=O) groups is 1. The Morgan fingerprint density at radius 1 is 1.00 bits per heavy atom. The Morgan fingerprint density at radius 2 is 1.56 bits per heavy atom. The van der Waals surface area contributed by atoms with Gasteiger partial charge < -0.3 is 23.7 Å². The van der Waals surface area contributed by atoms with E-state index in [4.69, 9.17) is 23.7 Å². The van der Waals surface area contributed by atoms with Crippen LogP contribution in [0.4, 0.5) is 0 Å². The number of rotatable bonds is 12. The zero-order valence-electron chi connectivity index (χ0n) is 20.3. The second-order valence-electron chi connectivity index (χ2n) is 8.92. The van der Waals surface area contributed by atoms with Crippen molar-refractivity contribution in [3.8, 4) is 0 Å². The van der Waals surface area contributed by atoms with Crippen LogP contribution in [0.3, 0.4) is 0 Å². The normalized spacial score (nSPS) is 16.7. The molecule has 1 aliphatic carbocycles. The van der Waals surface area contributed by atoms with E-state index in [1.165, 1.54) is 0 Å². The van der Waals surface area contributed by atoms with Crippen LogP contribution in [0.5, 0.6) is 0 Å². The molecule has 0 radical (unpaired) electrons. The molecule has 0 fully saturated rings. The van der Waals surface area contributed by atoms with Crippen LogP contribution in [-0.4, -0.2) is 45.7 Å². The van der Waals surface area contributed by atoms with Crippen LogP contribution in [0.25, 0.3) is 5.57 Å². The molecule has 1 aliphatic rings. The van der Waals surface area contributed by atoms with Crippen LogP contribution >= 0.6 is 0 Å². The van der Waals surface area contributed by atoms with Gasteiger partial charge >= 0.3 is 14.8 Å². The highest BCUT2D eigenvalue weighted by Crippen LogP contribution is 2.24. The average molecular weight is 462 g/mol. The van der Waals surface area contributed by atoms with E-state index >= 15 is 0 Å². The smallest absolute Gasteiger partial charge is 0.462 e. The van der Waals surface area contributed by atoms with Crippen molar-refractivity contribution in [2.45, 2.75) is 84.8 Å². The first kappa shape index (κ1) is 26.5. The standard InChI is InChI=1S/C25H39NO5Si/c1-18(2)29-32(30-19(3)4,31-20(5)6)17-7-16-28-25(27)23-10-8-21(9-11-23)22-12-14-24(26)15-13-22/h8-14,18-20,24H,7,15-17,26H2,1-6H3. The van der Waals surface area contributed by atoms with Crippen molar-refractivity contribution in [3.63, 3.8) is 0 Å². The second-order valence-corrected chi connectivity index (χ2v) is 11.5. The number of nitrogens with two attached hydrogens (primary N) is 1. The first-order valence-corrected chi connectivity index (χ1v) is 13.5. The molecule has 7 heteroatoms. The number of carbonyl (C=O) groups excluding carboxylic acids is 1. The topological polar surface area (TPSA) is 80.0 Å². The van der Waals surface area contributed by atoms with Gasteiger partial charge in [0.1, 0.15) is 0 Å². The number of ether oxygens (including phenoxy) is 1. The predicted octanol–water partition coefficient (Wildman–Crippen LogP) is 5.12. The van der Waals surface area contributed by atoms with Crippen LogP contribution in [-0.2, 0) is 18.0 Å². The third-order valence-corrected chi connectivity index (χ3v) is 8.15. The summed E-state index contributed by atoms with van der Waals surface area (Å²) in [7, 11) is -2.88. The SMILES string of the molecule is CC(C)O[Si](CCCOC(=O)c1ccc(C2=CCC(N)C=C2)cc1)(OC(C)C)OC(C)C. The minimum absolute atomic E-state index is 0.00917. The van der Waals surface area contributed by atoms with Gasteiger partial charge in [-0.2, -0.15) is 0 Å². The van der Waals surface area contributed by atoms with E-state index in [2.05, 4.69) is 6.08 Å². The van der Waals surface area contributed by atoms with Crippen molar-refractivity contribution < 1.29 is 22.8 Å². The van der Waals surface area contributed by atoms with Gasteiger partial charge in [-0.1, -0.05) is 30.4 Å². The lowest BCUT2D eigenvalue weighted by molar-refractivity contribution is 0.00113. The zero-order valence-corrected chi connectivity index (χ0v) is 21.3. The highest BCUT2D eigenvalue weighted by atomic mass is 28.4. The molecule has 0 saturated carbocycles. The lowest BCUT2D eigenvalue weighted by atomic mass is 9.97. The van der Waals surface area contributed by atoms with Crippen LogP contribution in [0.15, 0.2) is 42.5 Å². The Hall–Kier alpha value is -1.77. The van der Waals surface area contributed by atoms with Gasteiger partial charge in [-0.25, -0.2) is 4.79 Å². The number of esters is 1. The second kappa shape index (κ2) is 12.5. The Kier molecular flexibility index (Phi) is 10.3. The molecule has 2 rings (SSSR count). The molecule has 0 saturated heterocycles. The van der Waals surface area contributed by atoms with E-state index in [0.717, 1.165) is 17.6 Å². The first-order chi connectivity index (χ1) is 15.1. The maximum Gasteiger partial charge on any atom is 0.501 e. The largest absolute Gasteiger partial charge is 0.501 e. The Bertz CT molecular complexity index is 759.